The number of thioether (sulfide) groups is 1. The number of rotatable bonds is 9. The van der Waals surface area contributed by atoms with E-state index in [1.807, 2.05) is 54.5 Å². The maximum atomic E-state index is 13.0. The summed E-state index contributed by atoms with van der Waals surface area (Å²) in [6.45, 7) is 4.21. The van der Waals surface area contributed by atoms with Gasteiger partial charge in [0.1, 0.15) is 12.3 Å². The van der Waals surface area contributed by atoms with Gasteiger partial charge in [-0.1, -0.05) is 23.9 Å². The molecule has 0 bridgehead atoms. The monoisotopic (exact) mass is 481 g/mol. The van der Waals surface area contributed by atoms with Gasteiger partial charge in [0.05, 0.1) is 25.1 Å². The van der Waals surface area contributed by atoms with Crippen molar-refractivity contribution in [2.45, 2.75) is 37.4 Å². The maximum absolute atomic E-state index is 13.0. The third-order valence-corrected chi connectivity index (χ3v) is 6.75. The van der Waals surface area contributed by atoms with E-state index >= 15 is 0 Å². The second-order valence-electron chi connectivity index (χ2n) is 8.36. The molecule has 1 fully saturated rings. The number of hydrogen-bond acceptors (Lipinski definition) is 7. The van der Waals surface area contributed by atoms with E-state index in [2.05, 4.69) is 10.1 Å². The molecule has 0 aliphatic carbocycles. The van der Waals surface area contributed by atoms with Crippen molar-refractivity contribution in [2.24, 2.45) is 0 Å². The molecule has 9 heteroatoms. The van der Waals surface area contributed by atoms with Crippen LogP contribution in [0.3, 0.4) is 0 Å². The number of hydrogen-bond donors (Lipinski definition) is 0. The lowest BCUT2D eigenvalue weighted by molar-refractivity contribution is -0.133. The topological polar surface area (TPSA) is 82.4 Å². The van der Waals surface area contributed by atoms with Crippen LogP contribution in [0, 0.1) is 6.92 Å². The first-order valence-electron chi connectivity index (χ1n) is 11.5. The Kier molecular flexibility index (Phi) is 8.18. The Labute approximate surface area is 204 Å². The lowest BCUT2D eigenvalue weighted by atomic mass is 9.90. The molecule has 1 aromatic carbocycles. The standard InChI is InChI=1S/C25H31N5O3S/c1-18-9-11-30(28-18)17-23(31)29-10-5-7-20(16-29)24-22(19-6-4-8-21(14-19)33-3)15-26-25(27-24)34-13-12-32-2/h4,6,8-9,11,14-15,20H,5,7,10,12-13,16-17H2,1-3H3/t20-/m0/s1. The number of aromatic nitrogens is 4. The summed E-state index contributed by atoms with van der Waals surface area (Å²) in [7, 11) is 3.36. The highest BCUT2D eigenvalue weighted by atomic mass is 32.2. The number of benzene rings is 1. The minimum atomic E-state index is 0.0829. The Morgan fingerprint density at radius 2 is 2.15 bits per heavy atom. The number of amides is 1. The highest BCUT2D eigenvalue weighted by Gasteiger charge is 2.28. The van der Waals surface area contributed by atoms with Crippen LogP contribution < -0.4 is 4.74 Å². The Balaban J connectivity index is 1.60. The van der Waals surface area contributed by atoms with Crippen molar-refractivity contribution in [3.8, 4) is 16.9 Å². The van der Waals surface area contributed by atoms with Gasteiger partial charge in [0.2, 0.25) is 5.91 Å². The van der Waals surface area contributed by atoms with E-state index in [0.717, 1.165) is 58.6 Å². The van der Waals surface area contributed by atoms with Gasteiger partial charge < -0.3 is 14.4 Å². The fourth-order valence-electron chi connectivity index (χ4n) is 4.20. The number of carbonyl (C=O) groups excluding carboxylic acids is 1. The summed E-state index contributed by atoms with van der Waals surface area (Å²) < 4.78 is 12.3. The molecule has 0 spiro atoms. The average molecular weight is 482 g/mol. The van der Waals surface area contributed by atoms with Crippen molar-refractivity contribution in [2.75, 3.05) is 39.7 Å². The number of aryl methyl sites for hydroxylation is 1. The Morgan fingerprint density at radius 1 is 1.26 bits per heavy atom. The lowest BCUT2D eigenvalue weighted by Crippen LogP contribution is -2.41. The first kappa shape index (κ1) is 24.2. The smallest absolute Gasteiger partial charge is 0.244 e. The molecule has 1 amide bonds. The summed E-state index contributed by atoms with van der Waals surface area (Å²) in [5, 5.41) is 5.09. The van der Waals surface area contributed by atoms with Gasteiger partial charge in [0, 0.05) is 49.8 Å². The summed E-state index contributed by atoms with van der Waals surface area (Å²) >= 11 is 1.58. The van der Waals surface area contributed by atoms with Crippen molar-refractivity contribution in [1.29, 1.82) is 0 Å². The van der Waals surface area contributed by atoms with Crippen LogP contribution in [-0.2, 0) is 16.1 Å². The highest BCUT2D eigenvalue weighted by Crippen LogP contribution is 2.35. The number of ether oxygens (including phenoxy) is 2. The van der Waals surface area contributed by atoms with Crippen molar-refractivity contribution in [3.05, 3.63) is 54.1 Å². The summed E-state index contributed by atoms with van der Waals surface area (Å²) in [5.41, 5.74) is 3.89. The molecule has 0 radical (unpaired) electrons. The first-order chi connectivity index (χ1) is 16.6. The zero-order valence-corrected chi connectivity index (χ0v) is 20.8. The maximum Gasteiger partial charge on any atom is 0.244 e. The summed E-state index contributed by atoms with van der Waals surface area (Å²) in [4.78, 5) is 24.6. The molecule has 180 valence electrons. The Morgan fingerprint density at radius 3 is 2.91 bits per heavy atom. The molecule has 8 nitrogen and oxygen atoms in total. The fourth-order valence-corrected chi connectivity index (χ4v) is 4.93. The van der Waals surface area contributed by atoms with Crippen molar-refractivity contribution in [1.82, 2.24) is 24.6 Å². The van der Waals surface area contributed by atoms with Gasteiger partial charge >= 0.3 is 0 Å². The molecule has 1 saturated heterocycles. The van der Waals surface area contributed by atoms with E-state index < -0.39 is 0 Å². The van der Waals surface area contributed by atoms with E-state index in [0.29, 0.717) is 13.2 Å². The van der Waals surface area contributed by atoms with Gasteiger partial charge in [-0.25, -0.2) is 9.97 Å². The normalized spacial score (nSPS) is 16.0. The van der Waals surface area contributed by atoms with Gasteiger partial charge in [0.25, 0.3) is 0 Å². The van der Waals surface area contributed by atoms with Gasteiger partial charge in [-0.3, -0.25) is 9.48 Å². The predicted molar refractivity (Wildman–Crippen MR) is 132 cm³/mol. The van der Waals surface area contributed by atoms with Gasteiger partial charge in [0.15, 0.2) is 5.16 Å². The zero-order chi connectivity index (χ0) is 23.9. The Hall–Kier alpha value is -2.91. The molecule has 3 aromatic rings. The quantitative estimate of drug-likeness (QED) is 0.261. The number of methoxy groups -OCH3 is 2. The molecule has 0 unspecified atom stereocenters. The van der Waals surface area contributed by atoms with Crippen LogP contribution in [0.1, 0.15) is 30.1 Å². The van der Waals surface area contributed by atoms with Gasteiger partial charge in [-0.05, 0) is 43.5 Å². The van der Waals surface area contributed by atoms with Crippen LogP contribution in [0.25, 0.3) is 11.1 Å². The molecule has 34 heavy (non-hydrogen) atoms. The van der Waals surface area contributed by atoms with Crippen LogP contribution in [0.5, 0.6) is 5.75 Å². The Bertz CT molecular complexity index is 1120. The molecule has 1 aliphatic rings. The van der Waals surface area contributed by atoms with E-state index in [9.17, 15) is 4.79 Å². The van der Waals surface area contributed by atoms with Crippen molar-refractivity contribution < 1.29 is 14.3 Å². The van der Waals surface area contributed by atoms with Gasteiger partial charge in [-0.15, -0.1) is 0 Å². The molecular weight excluding hydrogens is 450 g/mol. The van der Waals surface area contributed by atoms with E-state index in [4.69, 9.17) is 14.5 Å². The van der Waals surface area contributed by atoms with E-state index in [-0.39, 0.29) is 18.4 Å². The minimum absolute atomic E-state index is 0.0829. The molecule has 1 aliphatic heterocycles. The molecule has 4 rings (SSSR count). The van der Waals surface area contributed by atoms with Crippen LogP contribution >= 0.6 is 11.8 Å². The summed E-state index contributed by atoms with van der Waals surface area (Å²) in [6.07, 6.45) is 5.66. The summed E-state index contributed by atoms with van der Waals surface area (Å²) in [6, 6.07) is 9.87. The van der Waals surface area contributed by atoms with E-state index in [1.54, 1.807) is 30.7 Å². The molecule has 0 saturated carbocycles. The fraction of sp³-hybridized carbons (Fsp3) is 0.440. The van der Waals surface area contributed by atoms with Crippen LogP contribution in [0.4, 0.5) is 0 Å². The van der Waals surface area contributed by atoms with E-state index in [1.165, 1.54) is 0 Å². The molecule has 0 N–H and O–H groups in total. The largest absolute Gasteiger partial charge is 0.497 e. The molecule has 1 atom stereocenters. The van der Waals surface area contributed by atoms with Crippen LogP contribution in [0.2, 0.25) is 0 Å². The second kappa shape index (κ2) is 11.5. The van der Waals surface area contributed by atoms with Crippen LogP contribution in [-0.4, -0.2) is 70.2 Å². The molecule has 3 heterocycles. The number of carbonyl (C=O) groups is 1. The average Bonchev–Trinajstić information content (AvgIpc) is 3.28. The summed E-state index contributed by atoms with van der Waals surface area (Å²) in [5.74, 6) is 1.78. The SMILES string of the molecule is COCCSc1ncc(-c2cccc(OC)c2)c([C@H]2CCCN(C(=O)Cn3ccc(C)n3)C2)n1. The molecular formula is C25H31N5O3S. The highest BCUT2D eigenvalue weighted by molar-refractivity contribution is 7.99. The number of likely N-dealkylation sites (tertiary alicyclic amines) is 1. The molecule has 2 aromatic heterocycles. The van der Waals surface area contributed by atoms with Gasteiger partial charge in [-0.2, -0.15) is 5.10 Å². The second-order valence-corrected chi connectivity index (χ2v) is 9.42. The van der Waals surface area contributed by atoms with Crippen molar-refractivity contribution >= 4 is 17.7 Å². The number of nitrogens with zero attached hydrogens (tertiary/aromatic N) is 5. The lowest BCUT2D eigenvalue weighted by Gasteiger charge is -2.33. The zero-order valence-electron chi connectivity index (χ0n) is 19.9. The first-order valence-corrected chi connectivity index (χ1v) is 12.5. The third kappa shape index (κ3) is 5.95. The minimum Gasteiger partial charge on any atom is -0.497 e. The third-order valence-electron chi connectivity index (χ3n) is 5.93. The number of piperidine rings is 1. The van der Waals surface area contributed by atoms with Crippen LogP contribution in [0.15, 0.2) is 47.9 Å². The van der Waals surface area contributed by atoms with Crippen molar-refractivity contribution in [3.63, 3.8) is 0 Å². The predicted octanol–water partition coefficient (Wildman–Crippen LogP) is 3.80.